The van der Waals surface area contributed by atoms with Gasteiger partial charge < -0.3 is 10.1 Å². The summed E-state index contributed by atoms with van der Waals surface area (Å²) in [5, 5.41) is 8.54. The van der Waals surface area contributed by atoms with E-state index in [0.717, 1.165) is 15.7 Å². The van der Waals surface area contributed by atoms with Crippen molar-refractivity contribution in [3.05, 3.63) is 28.2 Å². The molecule has 0 atom stereocenters. The molecule has 0 heterocycles. The molecule has 2 N–H and O–H groups in total. The van der Waals surface area contributed by atoms with Crippen LogP contribution < -0.4 is 10.4 Å². The Morgan fingerprint density at radius 3 is 2.69 bits per heavy atom. The molecule has 13 heavy (non-hydrogen) atoms. The average molecular weight is 245 g/mol. The van der Waals surface area contributed by atoms with Crippen molar-refractivity contribution in [1.29, 1.82) is 0 Å². The number of hydrogen-bond donors (Lipinski definition) is 2. The predicted octanol–water partition coefficient (Wildman–Crippen LogP) is 1.99. The fraction of sp³-hybridized carbons (Fsp3) is 0.333. The SMILES string of the molecule is CN(C)c1cc(CNO)ccc1Br. The zero-order valence-electron chi connectivity index (χ0n) is 7.71. The van der Waals surface area contributed by atoms with Gasteiger partial charge in [0.05, 0.1) is 5.69 Å². The standard InChI is InChI=1S/C9H13BrN2O/c1-12(2)9-5-7(6-11-13)3-4-8(9)10/h3-5,11,13H,6H2,1-2H3. The molecule has 0 aliphatic rings. The van der Waals surface area contributed by atoms with E-state index in [9.17, 15) is 0 Å². The molecule has 72 valence electrons. The van der Waals surface area contributed by atoms with E-state index >= 15 is 0 Å². The highest BCUT2D eigenvalue weighted by Gasteiger charge is 2.02. The summed E-state index contributed by atoms with van der Waals surface area (Å²) in [5.74, 6) is 0. The molecule has 0 aliphatic heterocycles. The molecule has 1 rings (SSSR count). The highest BCUT2D eigenvalue weighted by Crippen LogP contribution is 2.25. The predicted molar refractivity (Wildman–Crippen MR) is 57.1 cm³/mol. The largest absolute Gasteiger partial charge is 0.377 e. The van der Waals surface area contributed by atoms with Crippen molar-refractivity contribution in [2.75, 3.05) is 19.0 Å². The Hall–Kier alpha value is -0.580. The Morgan fingerprint density at radius 1 is 1.46 bits per heavy atom. The smallest absolute Gasteiger partial charge is 0.0508 e. The number of halogens is 1. The molecule has 0 aromatic heterocycles. The molecular formula is C9H13BrN2O. The van der Waals surface area contributed by atoms with Gasteiger partial charge in [0, 0.05) is 25.1 Å². The van der Waals surface area contributed by atoms with E-state index in [1.165, 1.54) is 0 Å². The van der Waals surface area contributed by atoms with Crippen LogP contribution in [0.3, 0.4) is 0 Å². The Bertz CT molecular complexity index is 289. The van der Waals surface area contributed by atoms with E-state index in [1.54, 1.807) is 0 Å². The first-order chi connectivity index (χ1) is 6.15. The molecule has 0 spiro atoms. The van der Waals surface area contributed by atoms with Crippen LogP contribution in [0.4, 0.5) is 5.69 Å². The third-order valence-corrected chi connectivity index (χ3v) is 2.45. The Labute approximate surface area is 86.5 Å². The topological polar surface area (TPSA) is 35.5 Å². The van der Waals surface area contributed by atoms with Crippen molar-refractivity contribution in [2.45, 2.75) is 6.54 Å². The van der Waals surface area contributed by atoms with E-state index in [-0.39, 0.29) is 0 Å². The summed E-state index contributed by atoms with van der Waals surface area (Å²) in [5.41, 5.74) is 4.29. The van der Waals surface area contributed by atoms with Gasteiger partial charge >= 0.3 is 0 Å². The maximum atomic E-state index is 8.54. The van der Waals surface area contributed by atoms with Crippen LogP contribution in [0.5, 0.6) is 0 Å². The van der Waals surface area contributed by atoms with Crippen LogP contribution in [0.25, 0.3) is 0 Å². The molecular weight excluding hydrogens is 232 g/mol. The van der Waals surface area contributed by atoms with Gasteiger partial charge in [-0.2, -0.15) is 0 Å². The molecule has 3 nitrogen and oxygen atoms in total. The number of benzene rings is 1. The van der Waals surface area contributed by atoms with Crippen LogP contribution in [-0.2, 0) is 6.54 Å². The van der Waals surface area contributed by atoms with Gasteiger partial charge in [-0.05, 0) is 33.6 Å². The molecule has 0 fully saturated rings. The van der Waals surface area contributed by atoms with Gasteiger partial charge in [0.1, 0.15) is 0 Å². The van der Waals surface area contributed by atoms with Crippen molar-refractivity contribution >= 4 is 21.6 Å². The van der Waals surface area contributed by atoms with E-state index in [0.29, 0.717) is 6.54 Å². The number of rotatable bonds is 3. The number of hydroxylamine groups is 1. The van der Waals surface area contributed by atoms with Crippen LogP contribution >= 0.6 is 15.9 Å². The molecule has 0 aliphatic carbocycles. The number of nitrogens with zero attached hydrogens (tertiary/aromatic N) is 1. The summed E-state index contributed by atoms with van der Waals surface area (Å²) in [6.45, 7) is 0.466. The lowest BCUT2D eigenvalue weighted by Gasteiger charge is -2.15. The molecule has 4 heteroatoms. The van der Waals surface area contributed by atoms with Crippen LogP contribution in [-0.4, -0.2) is 19.3 Å². The van der Waals surface area contributed by atoms with Crippen molar-refractivity contribution in [3.63, 3.8) is 0 Å². The van der Waals surface area contributed by atoms with Crippen LogP contribution in [0.2, 0.25) is 0 Å². The van der Waals surface area contributed by atoms with Gasteiger partial charge in [-0.3, -0.25) is 0 Å². The Morgan fingerprint density at radius 2 is 2.15 bits per heavy atom. The lowest BCUT2D eigenvalue weighted by Crippen LogP contribution is -2.11. The minimum atomic E-state index is 0.466. The Kier molecular flexibility index (Phi) is 3.71. The first kappa shape index (κ1) is 10.5. The number of hydrogen-bond acceptors (Lipinski definition) is 3. The zero-order chi connectivity index (χ0) is 9.84. The average Bonchev–Trinajstić information content (AvgIpc) is 2.08. The van der Waals surface area contributed by atoms with E-state index < -0.39 is 0 Å². The molecule has 0 unspecified atom stereocenters. The van der Waals surface area contributed by atoms with Crippen LogP contribution in [0.1, 0.15) is 5.56 Å². The lowest BCUT2D eigenvalue weighted by molar-refractivity contribution is 0.161. The Balaban J connectivity index is 2.97. The van der Waals surface area contributed by atoms with Crippen molar-refractivity contribution in [3.8, 4) is 0 Å². The van der Waals surface area contributed by atoms with Gasteiger partial charge in [0.25, 0.3) is 0 Å². The summed E-state index contributed by atoms with van der Waals surface area (Å²) in [7, 11) is 3.96. The maximum absolute atomic E-state index is 8.54. The zero-order valence-corrected chi connectivity index (χ0v) is 9.30. The monoisotopic (exact) mass is 244 g/mol. The summed E-state index contributed by atoms with van der Waals surface area (Å²) >= 11 is 3.46. The second-order valence-corrected chi connectivity index (χ2v) is 3.87. The number of nitrogens with one attached hydrogen (secondary N) is 1. The summed E-state index contributed by atoms with van der Waals surface area (Å²) in [6.07, 6.45) is 0. The van der Waals surface area contributed by atoms with E-state index in [4.69, 9.17) is 5.21 Å². The number of anilines is 1. The van der Waals surface area contributed by atoms with Crippen LogP contribution in [0.15, 0.2) is 22.7 Å². The third kappa shape index (κ3) is 2.69. The highest BCUT2D eigenvalue weighted by atomic mass is 79.9. The van der Waals surface area contributed by atoms with Gasteiger partial charge in [0.15, 0.2) is 0 Å². The minimum Gasteiger partial charge on any atom is -0.377 e. The van der Waals surface area contributed by atoms with Crippen molar-refractivity contribution < 1.29 is 5.21 Å². The normalized spacial score (nSPS) is 10.2. The van der Waals surface area contributed by atoms with Gasteiger partial charge in [0.2, 0.25) is 0 Å². The fourth-order valence-corrected chi connectivity index (χ4v) is 1.70. The quantitative estimate of drug-likeness (QED) is 0.799. The van der Waals surface area contributed by atoms with E-state index in [2.05, 4.69) is 21.4 Å². The molecule has 0 amide bonds. The second-order valence-electron chi connectivity index (χ2n) is 3.02. The molecule has 0 saturated carbocycles. The summed E-state index contributed by atoms with van der Waals surface area (Å²) in [6, 6.07) is 5.95. The lowest BCUT2D eigenvalue weighted by atomic mass is 10.2. The van der Waals surface area contributed by atoms with Gasteiger partial charge in [-0.1, -0.05) is 6.07 Å². The molecule has 0 bridgehead atoms. The first-order valence-corrected chi connectivity index (χ1v) is 4.77. The van der Waals surface area contributed by atoms with Crippen molar-refractivity contribution in [2.24, 2.45) is 0 Å². The van der Waals surface area contributed by atoms with E-state index in [1.807, 2.05) is 37.2 Å². The third-order valence-electron chi connectivity index (χ3n) is 1.78. The molecule has 0 radical (unpaired) electrons. The van der Waals surface area contributed by atoms with Crippen LogP contribution in [0, 0.1) is 0 Å². The molecule has 1 aromatic rings. The van der Waals surface area contributed by atoms with Gasteiger partial charge in [-0.25, -0.2) is 5.48 Å². The maximum Gasteiger partial charge on any atom is 0.0508 e. The minimum absolute atomic E-state index is 0.466. The van der Waals surface area contributed by atoms with Gasteiger partial charge in [-0.15, -0.1) is 0 Å². The second kappa shape index (κ2) is 4.60. The summed E-state index contributed by atoms with van der Waals surface area (Å²) in [4.78, 5) is 2.02. The highest BCUT2D eigenvalue weighted by molar-refractivity contribution is 9.10. The first-order valence-electron chi connectivity index (χ1n) is 3.98. The summed E-state index contributed by atoms with van der Waals surface area (Å²) < 4.78 is 1.05. The molecule has 0 saturated heterocycles. The van der Waals surface area contributed by atoms with Crippen molar-refractivity contribution in [1.82, 2.24) is 5.48 Å². The fourth-order valence-electron chi connectivity index (χ4n) is 1.10. The molecule has 1 aromatic carbocycles.